The van der Waals surface area contributed by atoms with E-state index in [-0.39, 0.29) is 46.7 Å². The van der Waals surface area contributed by atoms with E-state index in [1.165, 1.54) is 32.5 Å². The van der Waals surface area contributed by atoms with E-state index in [4.69, 9.17) is 23.7 Å². The van der Waals surface area contributed by atoms with E-state index in [2.05, 4.69) is 25.0 Å². The van der Waals surface area contributed by atoms with Crippen LogP contribution in [0.1, 0.15) is 26.3 Å². The zero-order valence-electron chi connectivity index (χ0n) is 24.9. The summed E-state index contributed by atoms with van der Waals surface area (Å²) in [6.07, 6.45) is 1.91. The first-order valence-corrected chi connectivity index (χ1v) is 14.8. The van der Waals surface area contributed by atoms with Crippen molar-refractivity contribution in [2.75, 3.05) is 37.5 Å². The Bertz CT molecular complexity index is 1680. The van der Waals surface area contributed by atoms with Crippen molar-refractivity contribution < 1.29 is 36.9 Å². The number of ether oxygens (including phenoxy) is 5. The van der Waals surface area contributed by atoms with Crippen molar-refractivity contribution in [2.24, 2.45) is 0 Å². The molecule has 0 unspecified atom stereocenters. The first kappa shape index (κ1) is 31.8. The van der Waals surface area contributed by atoms with Gasteiger partial charge in [-0.3, -0.25) is 10.0 Å². The second-order valence-electron chi connectivity index (χ2n) is 10.2. The maximum absolute atomic E-state index is 13.4. The number of hydrogen-bond acceptors (Lipinski definition) is 11. The fraction of sp³-hybridized carbons (Fsp3) is 0.267. The van der Waals surface area contributed by atoms with E-state index >= 15 is 0 Å². The zero-order chi connectivity index (χ0) is 31.7. The number of benzene rings is 2. The van der Waals surface area contributed by atoms with Gasteiger partial charge < -0.3 is 23.7 Å². The number of rotatable bonds is 12. The Kier molecular flexibility index (Phi) is 10.1. The maximum Gasteiger partial charge on any atom is 0.412 e. The number of methoxy groups -OCH3 is 2. The van der Waals surface area contributed by atoms with E-state index in [0.717, 1.165) is 11.9 Å². The molecule has 1 amide bonds. The number of sulfonamides is 1. The summed E-state index contributed by atoms with van der Waals surface area (Å²) in [4.78, 5) is 24.3. The van der Waals surface area contributed by atoms with Crippen LogP contribution in [0.3, 0.4) is 0 Å². The average Bonchev–Trinajstić information content (AvgIpc) is 3.00. The summed E-state index contributed by atoms with van der Waals surface area (Å²) in [5, 5.41) is 2.49. The normalized spacial score (nSPS) is 11.3. The largest absolute Gasteiger partial charge is 0.493 e. The second kappa shape index (κ2) is 13.9. The average molecular weight is 624 g/mol. The molecule has 0 spiro atoms. The van der Waals surface area contributed by atoms with Crippen LogP contribution in [0.5, 0.6) is 28.9 Å². The van der Waals surface area contributed by atoms with Crippen molar-refractivity contribution in [3.05, 3.63) is 78.8 Å². The predicted octanol–water partition coefficient (Wildman–Crippen LogP) is 5.41. The van der Waals surface area contributed by atoms with Gasteiger partial charge in [-0.2, -0.15) is 4.98 Å². The third-order valence-corrected chi connectivity index (χ3v) is 7.41. The van der Waals surface area contributed by atoms with Gasteiger partial charge in [0.15, 0.2) is 17.3 Å². The Morgan fingerprint density at radius 1 is 0.886 bits per heavy atom. The Balaban J connectivity index is 1.57. The molecule has 0 aliphatic carbocycles. The lowest BCUT2D eigenvalue weighted by atomic mass is 9.87. The lowest BCUT2D eigenvalue weighted by Crippen LogP contribution is -2.19. The molecule has 0 atom stereocenters. The van der Waals surface area contributed by atoms with Gasteiger partial charge in [0.05, 0.1) is 19.1 Å². The summed E-state index contributed by atoms with van der Waals surface area (Å²) in [5.41, 5.74) is 0.820. The molecule has 2 N–H and O–H groups in total. The molecule has 2 heterocycles. The number of pyridine rings is 1. The highest BCUT2D eigenvalue weighted by Gasteiger charge is 2.24. The third-order valence-electron chi connectivity index (χ3n) is 6.06. The van der Waals surface area contributed by atoms with Crippen LogP contribution >= 0.6 is 0 Å². The van der Waals surface area contributed by atoms with Crippen LogP contribution in [-0.2, 0) is 20.2 Å². The van der Waals surface area contributed by atoms with Crippen molar-refractivity contribution >= 4 is 27.8 Å². The molecule has 2 aromatic carbocycles. The van der Waals surface area contributed by atoms with Crippen LogP contribution in [0.15, 0.2) is 78.1 Å². The quantitative estimate of drug-likeness (QED) is 0.194. The number of hydrogen-bond donors (Lipinski definition) is 2. The number of nitrogens with one attached hydrogen (secondary N) is 2. The summed E-state index contributed by atoms with van der Waals surface area (Å²) in [5.74, 6) is 0.988. The minimum absolute atomic E-state index is 0.0240. The molecule has 13 nitrogen and oxygen atoms in total. The summed E-state index contributed by atoms with van der Waals surface area (Å²) in [6, 6.07) is 16.3. The van der Waals surface area contributed by atoms with Crippen molar-refractivity contribution in [1.29, 1.82) is 0 Å². The molecular weight excluding hydrogens is 590 g/mol. The van der Waals surface area contributed by atoms with Gasteiger partial charge >= 0.3 is 6.09 Å². The highest BCUT2D eigenvalue weighted by Crippen LogP contribution is 2.39. The van der Waals surface area contributed by atoms with Gasteiger partial charge in [0.1, 0.15) is 31.1 Å². The molecule has 0 aliphatic rings. The van der Waals surface area contributed by atoms with Crippen LogP contribution in [0.25, 0.3) is 0 Å². The topological polar surface area (TPSA) is 160 Å². The van der Waals surface area contributed by atoms with E-state index in [0.29, 0.717) is 17.3 Å². The van der Waals surface area contributed by atoms with Crippen LogP contribution in [0.4, 0.5) is 16.4 Å². The van der Waals surface area contributed by atoms with E-state index in [1.54, 1.807) is 48.5 Å². The van der Waals surface area contributed by atoms with Crippen LogP contribution in [-0.4, -0.2) is 56.9 Å². The second-order valence-corrected chi connectivity index (χ2v) is 11.9. The molecule has 0 saturated carbocycles. The van der Waals surface area contributed by atoms with Crippen LogP contribution in [0, 0.1) is 0 Å². The van der Waals surface area contributed by atoms with Gasteiger partial charge in [-0.1, -0.05) is 39.0 Å². The standard InChI is InChI=1S/C30H33N5O8S/c1-30(2,3)20-9-12-22(13-10-20)44(37,38)35-27-26(43-21-11-14-23(39-4)24(18-21)40-5)28(33-19-32-27)41-16-17-42-29(36)34-25-8-6-7-15-31-25/h6-15,18-19H,16-17H2,1-5H3,(H,31,34,36)(H,32,33,35). The molecule has 0 bridgehead atoms. The van der Waals surface area contributed by atoms with Crippen molar-refractivity contribution in [1.82, 2.24) is 15.0 Å². The molecule has 0 aliphatic heterocycles. The van der Waals surface area contributed by atoms with Gasteiger partial charge in [-0.15, -0.1) is 0 Å². The first-order chi connectivity index (χ1) is 21.0. The number of nitrogens with zero attached hydrogens (tertiary/aromatic N) is 3. The van der Waals surface area contributed by atoms with Crippen molar-refractivity contribution in [3.63, 3.8) is 0 Å². The number of anilines is 2. The van der Waals surface area contributed by atoms with Gasteiger partial charge in [0.25, 0.3) is 15.9 Å². The lowest BCUT2D eigenvalue weighted by molar-refractivity contribution is 0.135. The summed E-state index contributed by atoms with van der Waals surface area (Å²) in [7, 11) is -1.14. The molecular formula is C30H33N5O8S. The molecule has 232 valence electrons. The molecule has 4 rings (SSSR count). The zero-order valence-corrected chi connectivity index (χ0v) is 25.7. The molecule has 4 aromatic rings. The Morgan fingerprint density at radius 3 is 2.30 bits per heavy atom. The Labute approximate surface area is 255 Å². The fourth-order valence-corrected chi connectivity index (χ4v) is 4.81. The summed E-state index contributed by atoms with van der Waals surface area (Å²) < 4.78 is 56.8. The monoisotopic (exact) mass is 623 g/mol. The number of carbonyl (C=O) groups is 1. The summed E-state index contributed by atoms with van der Waals surface area (Å²) >= 11 is 0. The highest BCUT2D eigenvalue weighted by atomic mass is 32.2. The predicted molar refractivity (Wildman–Crippen MR) is 162 cm³/mol. The third kappa shape index (κ3) is 8.25. The maximum atomic E-state index is 13.4. The van der Waals surface area contributed by atoms with Crippen LogP contribution in [0.2, 0.25) is 0 Å². The Hall–Kier alpha value is -5.11. The lowest BCUT2D eigenvalue weighted by Gasteiger charge is -2.19. The van der Waals surface area contributed by atoms with Gasteiger partial charge in [-0.05, 0) is 47.4 Å². The SMILES string of the molecule is COc1ccc(Oc2c(NS(=O)(=O)c3ccc(C(C)(C)C)cc3)ncnc2OCCOC(=O)Nc2ccccn2)cc1OC. The van der Waals surface area contributed by atoms with E-state index in [1.807, 2.05) is 20.8 Å². The van der Waals surface area contributed by atoms with Gasteiger partial charge in [-0.25, -0.2) is 23.2 Å². The molecule has 2 aromatic heterocycles. The Morgan fingerprint density at radius 2 is 1.64 bits per heavy atom. The number of carbonyl (C=O) groups excluding carboxylic acids is 1. The number of aromatic nitrogens is 3. The molecule has 14 heteroatoms. The molecule has 0 fully saturated rings. The van der Waals surface area contributed by atoms with Gasteiger partial charge in [0, 0.05) is 12.3 Å². The number of amides is 1. The fourth-order valence-electron chi connectivity index (χ4n) is 3.79. The smallest absolute Gasteiger partial charge is 0.412 e. The summed E-state index contributed by atoms with van der Waals surface area (Å²) in [6.45, 7) is 5.79. The van der Waals surface area contributed by atoms with Crippen LogP contribution < -0.4 is 29.0 Å². The van der Waals surface area contributed by atoms with E-state index in [9.17, 15) is 13.2 Å². The highest BCUT2D eigenvalue weighted by molar-refractivity contribution is 7.92. The van der Waals surface area contributed by atoms with Gasteiger partial charge in [0.2, 0.25) is 5.75 Å². The van der Waals surface area contributed by atoms with Crippen molar-refractivity contribution in [3.8, 4) is 28.9 Å². The first-order valence-electron chi connectivity index (χ1n) is 13.4. The minimum atomic E-state index is -4.10. The minimum Gasteiger partial charge on any atom is -0.493 e. The molecule has 0 radical (unpaired) electrons. The molecule has 44 heavy (non-hydrogen) atoms. The molecule has 0 saturated heterocycles. The van der Waals surface area contributed by atoms with Crippen molar-refractivity contribution in [2.45, 2.75) is 31.1 Å². The van der Waals surface area contributed by atoms with E-state index < -0.39 is 16.1 Å².